The second-order valence-corrected chi connectivity index (χ2v) is 7.80. The number of aromatic nitrogens is 2. The van der Waals surface area contributed by atoms with Crippen molar-refractivity contribution in [1.29, 1.82) is 0 Å². The van der Waals surface area contributed by atoms with Crippen molar-refractivity contribution in [2.24, 2.45) is 0 Å². The third-order valence-electron chi connectivity index (χ3n) is 5.85. The van der Waals surface area contributed by atoms with E-state index in [1.165, 1.54) is 12.8 Å². The Morgan fingerprint density at radius 2 is 2.18 bits per heavy atom. The first-order valence-corrected chi connectivity index (χ1v) is 9.77. The summed E-state index contributed by atoms with van der Waals surface area (Å²) in [6, 6.07) is 11.6. The minimum atomic E-state index is -0.174. The highest BCUT2D eigenvalue weighted by molar-refractivity contribution is 6.10. The van der Waals surface area contributed by atoms with Crippen LogP contribution in [0.2, 0.25) is 0 Å². The van der Waals surface area contributed by atoms with Crippen LogP contribution in [-0.2, 0) is 13.0 Å². The molecule has 0 unspecified atom stereocenters. The molecule has 2 aromatic carbocycles. The number of ketones is 1. The summed E-state index contributed by atoms with van der Waals surface area (Å²) in [5.41, 5.74) is 4.79. The van der Waals surface area contributed by atoms with E-state index < -0.39 is 0 Å². The number of carbonyl (C=O) groups is 2. The molecule has 1 aliphatic heterocycles. The average molecular weight is 374 g/mol. The smallest absolute Gasteiger partial charge is 0.255 e. The van der Waals surface area contributed by atoms with Gasteiger partial charge in [0.05, 0.1) is 17.6 Å². The molecule has 1 atom stereocenters. The number of benzene rings is 2. The fraction of sp³-hybridized carbons (Fsp3) is 0.318. The van der Waals surface area contributed by atoms with Crippen molar-refractivity contribution in [2.75, 3.05) is 11.9 Å². The average Bonchev–Trinajstić information content (AvgIpc) is 3.26. The summed E-state index contributed by atoms with van der Waals surface area (Å²) < 4.78 is 0. The molecule has 1 amide bonds. The molecule has 28 heavy (non-hydrogen) atoms. The van der Waals surface area contributed by atoms with Gasteiger partial charge < -0.3 is 10.3 Å². The van der Waals surface area contributed by atoms with E-state index in [0.29, 0.717) is 18.0 Å². The van der Waals surface area contributed by atoms with E-state index in [1.807, 2.05) is 18.2 Å². The Bertz CT molecular complexity index is 1100. The molecule has 142 valence electrons. The summed E-state index contributed by atoms with van der Waals surface area (Å²) >= 11 is 0. The van der Waals surface area contributed by atoms with Crippen molar-refractivity contribution < 1.29 is 9.59 Å². The van der Waals surface area contributed by atoms with Crippen molar-refractivity contribution in [1.82, 2.24) is 14.9 Å². The Morgan fingerprint density at radius 1 is 1.29 bits per heavy atom. The third kappa shape index (κ3) is 2.99. The molecule has 0 bridgehead atoms. The number of aromatic amines is 1. The zero-order valence-electron chi connectivity index (χ0n) is 15.8. The normalized spacial score (nSPS) is 18.9. The maximum Gasteiger partial charge on any atom is 0.255 e. The van der Waals surface area contributed by atoms with Gasteiger partial charge in [0.1, 0.15) is 5.82 Å². The van der Waals surface area contributed by atoms with E-state index in [1.54, 1.807) is 18.2 Å². The van der Waals surface area contributed by atoms with Crippen LogP contribution < -0.4 is 5.32 Å². The van der Waals surface area contributed by atoms with Crippen LogP contribution in [0.1, 0.15) is 51.9 Å². The third-order valence-corrected chi connectivity index (χ3v) is 5.85. The topological polar surface area (TPSA) is 78.1 Å². The molecule has 1 aliphatic carbocycles. The van der Waals surface area contributed by atoms with E-state index in [4.69, 9.17) is 0 Å². The number of hydrogen-bond donors (Lipinski definition) is 2. The first-order chi connectivity index (χ1) is 13.6. The van der Waals surface area contributed by atoms with Crippen LogP contribution in [0.3, 0.4) is 0 Å². The molecule has 1 saturated heterocycles. The number of fused-ring (bicyclic) bond motifs is 2. The minimum Gasteiger partial charge on any atom is -0.341 e. The lowest BCUT2D eigenvalue weighted by atomic mass is 9.86. The fourth-order valence-corrected chi connectivity index (χ4v) is 4.15. The van der Waals surface area contributed by atoms with Crippen molar-refractivity contribution in [3.8, 4) is 0 Å². The number of imidazole rings is 1. The molecule has 2 N–H and O–H groups in total. The van der Waals surface area contributed by atoms with E-state index in [2.05, 4.69) is 27.1 Å². The van der Waals surface area contributed by atoms with E-state index in [9.17, 15) is 9.59 Å². The first-order valence-electron chi connectivity index (χ1n) is 9.77. The second-order valence-electron chi connectivity index (χ2n) is 7.80. The van der Waals surface area contributed by atoms with E-state index >= 15 is 0 Å². The zero-order valence-corrected chi connectivity index (χ0v) is 15.8. The van der Waals surface area contributed by atoms with Gasteiger partial charge in [0.2, 0.25) is 0 Å². The summed E-state index contributed by atoms with van der Waals surface area (Å²) in [6.07, 6.45) is 2.91. The number of rotatable bonds is 4. The predicted molar refractivity (Wildman–Crippen MR) is 108 cm³/mol. The van der Waals surface area contributed by atoms with Crippen LogP contribution >= 0.6 is 0 Å². The molecular weight excluding hydrogens is 352 g/mol. The number of Topliss-reactive ketones (excluding diaryl/α,β-unsaturated/α-hetero) is 1. The van der Waals surface area contributed by atoms with Crippen molar-refractivity contribution in [3.05, 3.63) is 58.9 Å². The summed E-state index contributed by atoms with van der Waals surface area (Å²) in [5, 5.41) is 2.94. The fourth-order valence-electron chi connectivity index (χ4n) is 4.15. The van der Waals surface area contributed by atoms with E-state index in [-0.39, 0.29) is 11.7 Å². The van der Waals surface area contributed by atoms with Gasteiger partial charge in [-0.1, -0.05) is 6.07 Å². The van der Waals surface area contributed by atoms with Crippen LogP contribution in [0, 0.1) is 0 Å². The number of likely N-dealkylation sites (tertiary alicyclic amines) is 1. The van der Waals surface area contributed by atoms with Crippen molar-refractivity contribution >= 4 is 28.4 Å². The van der Waals surface area contributed by atoms with Crippen molar-refractivity contribution in [3.63, 3.8) is 0 Å². The van der Waals surface area contributed by atoms with Gasteiger partial charge in [0.15, 0.2) is 5.78 Å². The largest absolute Gasteiger partial charge is 0.341 e. The summed E-state index contributed by atoms with van der Waals surface area (Å²) in [7, 11) is 0. The van der Waals surface area contributed by atoms with Gasteiger partial charge in [-0.05, 0) is 62.2 Å². The molecule has 2 heterocycles. The summed E-state index contributed by atoms with van der Waals surface area (Å²) in [6.45, 7) is 4.20. The predicted octanol–water partition coefficient (Wildman–Crippen LogP) is 3.54. The number of hydrogen-bond acceptors (Lipinski definition) is 4. The lowest BCUT2D eigenvalue weighted by molar-refractivity contribution is 0.0964. The maximum atomic E-state index is 12.6. The molecule has 6 nitrogen and oxygen atoms in total. The Balaban J connectivity index is 1.32. The summed E-state index contributed by atoms with van der Waals surface area (Å²) in [4.78, 5) is 34.5. The van der Waals surface area contributed by atoms with Crippen LogP contribution in [-0.4, -0.2) is 39.1 Å². The standard InChI is InChI=1S/C22H22N4O2/c1-13-3-2-8-26(13)12-21-24-18-7-5-16(11-19(18)25-21)23-22(28)14-4-6-17-15(9-14)10-20(17)27/h4-7,9,11,13H,2-3,8,10,12H2,1H3,(H,23,28)(H,24,25)/t13-/m0/s1. The molecule has 1 fully saturated rings. The van der Waals surface area contributed by atoms with Gasteiger partial charge in [-0.15, -0.1) is 0 Å². The van der Waals surface area contributed by atoms with Gasteiger partial charge in [-0.25, -0.2) is 4.98 Å². The highest BCUT2D eigenvalue weighted by Gasteiger charge is 2.24. The van der Waals surface area contributed by atoms with Crippen molar-refractivity contribution in [2.45, 2.75) is 38.8 Å². The molecule has 1 aromatic heterocycles. The highest BCUT2D eigenvalue weighted by Crippen LogP contribution is 2.25. The summed E-state index contributed by atoms with van der Waals surface area (Å²) in [5.74, 6) is 0.928. The van der Waals surface area contributed by atoms with Gasteiger partial charge >= 0.3 is 0 Å². The van der Waals surface area contributed by atoms with Crippen LogP contribution in [0.5, 0.6) is 0 Å². The Hall–Kier alpha value is -2.99. The van der Waals surface area contributed by atoms with Crippen LogP contribution in [0.15, 0.2) is 36.4 Å². The molecule has 5 rings (SSSR count). The molecular formula is C22H22N4O2. The van der Waals surface area contributed by atoms with Crippen LogP contribution in [0.4, 0.5) is 5.69 Å². The molecule has 6 heteroatoms. The Kier molecular flexibility index (Phi) is 4.02. The lowest BCUT2D eigenvalue weighted by Gasteiger charge is -2.19. The number of H-pyrrole nitrogens is 1. The van der Waals surface area contributed by atoms with Gasteiger partial charge in [0.25, 0.3) is 5.91 Å². The quantitative estimate of drug-likeness (QED) is 0.732. The lowest BCUT2D eigenvalue weighted by Crippen LogP contribution is -2.26. The zero-order chi connectivity index (χ0) is 19.3. The van der Waals surface area contributed by atoms with E-state index in [0.717, 1.165) is 46.8 Å². The number of nitrogens with zero attached hydrogens (tertiary/aromatic N) is 2. The minimum absolute atomic E-state index is 0.144. The molecule has 3 aromatic rings. The highest BCUT2D eigenvalue weighted by atomic mass is 16.1. The Labute approximate surface area is 163 Å². The van der Waals surface area contributed by atoms with Gasteiger partial charge in [-0.3, -0.25) is 14.5 Å². The number of nitrogens with one attached hydrogen (secondary N) is 2. The van der Waals surface area contributed by atoms with Crippen LogP contribution in [0.25, 0.3) is 11.0 Å². The number of amides is 1. The SMILES string of the molecule is C[C@H]1CCCN1Cc1nc2ccc(NC(=O)c3ccc4c(c3)CC4=O)cc2[nH]1. The molecule has 2 aliphatic rings. The van der Waals surface area contributed by atoms with Gasteiger partial charge in [-0.2, -0.15) is 0 Å². The number of anilines is 1. The monoisotopic (exact) mass is 374 g/mol. The molecule has 0 saturated carbocycles. The number of carbonyl (C=O) groups excluding carboxylic acids is 2. The first kappa shape index (κ1) is 17.1. The Morgan fingerprint density at radius 3 is 2.93 bits per heavy atom. The molecule has 0 radical (unpaired) electrons. The maximum absolute atomic E-state index is 12.6. The second kappa shape index (κ2) is 6.56. The molecule has 0 spiro atoms. The van der Waals surface area contributed by atoms with Gasteiger partial charge in [0, 0.05) is 29.3 Å².